The first-order valence-corrected chi connectivity index (χ1v) is 9.53. The van der Waals surface area contributed by atoms with Crippen molar-refractivity contribution >= 4 is 34.7 Å². The van der Waals surface area contributed by atoms with Crippen molar-refractivity contribution in [2.45, 2.75) is 6.61 Å². The number of carbonyl (C=O) groups excluding carboxylic acids is 1. The van der Waals surface area contributed by atoms with Gasteiger partial charge in [0.15, 0.2) is 5.17 Å². The van der Waals surface area contributed by atoms with Gasteiger partial charge < -0.3 is 4.74 Å². The van der Waals surface area contributed by atoms with E-state index in [2.05, 4.69) is 4.98 Å². The summed E-state index contributed by atoms with van der Waals surface area (Å²) < 4.78 is 5.79. The van der Waals surface area contributed by atoms with Crippen LogP contribution in [0.15, 0.2) is 83.9 Å². The molecule has 0 atom stereocenters. The highest BCUT2D eigenvalue weighted by atomic mass is 32.2. The maximum atomic E-state index is 12.7. The van der Waals surface area contributed by atoms with Crippen molar-refractivity contribution in [2.24, 2.45) is 0 Å². The Morgan fingerprint density at radius 3 is 2.46 bits per heavy atom. The summed E-state index contributed by atoms with van der Waals surface area (Å²) in [5, 5.41) is 8.26. The largest absolute Gasteiger partial charge is 0.489 e. The van der Waals surface area contributed by atoms with Crippen molar-refractivity contribution in [1.29, 1.82) is 5.41 Å². The second-order valence-corrected chi connectivity index (χ2v) is 7.12. The minimum absolute atomic E-state index is 0.151. The van der Waals surface area contributed by atoms with Crippen LogP contribution in [0, 0.1) is 5.41 Å². The van der Waals surface area contributed by atoms with Gasteiger partial charge in [-0.05, 0) is 53.2 Å². The molecule has 0 radical (unpaired) electrons. The lowest BCUT2D eigenvalue weighted by molar-refractivity contribution is -0.113. The average molecular weight is 387 g/mol. The van der Waals surface area contributed by atoms with Crippen molar-refractivity contribution in [3.63, 3.8) is 0 Å². The van der Waals surface area contributed by atoms with E-state index in [1.165, 1.54) is 4.90 Å². The van der Waals surface area contributed by atoms with Gasteiger partial charge in [-0.2, -0.15) is 0 Å². The summed E-state index contributed by atoms with van der Waals surface area (Å²) in [4.78, 5) is 18.7. The molecule has 1 aromatic heterocycles. The van der Waals surface area contributed by atoms with Gasteiger partial charge in [0.2, 0.25) is 0 Å². The Balaban J connectivity index is 1.45. The molecule has 138 valence electrons. The Hall–Kier alpha value is -3.38. The van der Waals surface area contributed by atoms with Crippen LogP contribution in [-0.4, -0.2) is 16.1 Å². The highest BCUT2D eigenvalue weighted by Gasteiger charge is 2.34. The molecule has 5 nitrogen and oxygen atoms in total. The third-order valence-corrected chi connectivity index (χ3v) is 5.02. The number of ether oxygens (including phenoxy) is 1. The van der Waals surface area contributed by atoms with E-state index in [0.717, 1.165) is 28.6 Å². The standard InChI is InChI=1S/C22H17N3O2S/c23-22-25(20-8-4-5-13-24-20)21(26)19(28-22)14-16-9-11-18(12-10-16)27-15-17-6-2-1-3-7-17/h1-14,23H,15H2/b19-14-,23-22?. The number of aromatic nitrogens is 1. The monoisotopic (exact) mass is 387 g/mol. The quantitative estimate of drug-likeness (QED) is 0.644. The number of hydrogen-bond donors (Lipinski definition) is 1. The Morgan fingerprint density at radius 1 is 1.00 bits per heavy atom. The minimum atomic E-state index is -0.238. The molecule has 2 aromatic carbocycles. The van der Waals surface area contributed by atoms with E-state index in [1.807, 2.05) is 54.6 Å². The van der Waals surface area contributed by atoms with Crippen LogP contribution < -0.4 is 9.64 Å². The summed E-state index contributed by atoms with van der Waals surface area (Å²) in [5.74, 6) is 0.982. The third-order valence-electron chi connectivity index (χ3n) is 4.13. The fourth-order valence-corrected chi connectivity index (χ4v) is 3.58. The van der Waals surface area contributed by atoms with Gasteiger partial charge in [0.1, 0.15) is 18.2 Å². The van der Waals surface area contributed by atoms with Gasteiger partial charge in [0, 0.05) is 6.20 Å². The molecule has 0 saturated carbocycles. The molecule has 1 aliphatic heterocycles. The summed E-state index contributed by atoms with van der Waals surface area (Å²) in [7, 11) is 0. The first-order chi connectivity index (χ1) is 13.7. The van der Waals surface area contributed by atoms with Gasteiger partial charge in [-0.15, -0.1) is 0 Å². The Bertz CT molecular complexity index is 1020. The predicted octanol–water partition coefficient (Wildman–Crippen LogP) is 4.72. The van der Waals surface area contributed by atoms with Crippen molar-refractivity contribution < 1.29 is 9.53 Å². The normalized spacial score (nSPS) is 15.3. The van der Waals surface area contributed by atoms with Gasteiger partial charge in [-0.25, -0.2) is 9.88 Å². The summed E-state index contributed by atoms with van der Waals surface area (Å²) in [6.07, 6.45) is 3.39. The zero-order chi connectivity index (χ0) is 19.3. The SMILES string of the molecule is N=C1S/C(=C\c2ccc(OCc3ccccc3)cc2)C(=O)N1c1ccccn1. The van der Waals surface area contributed by atoms with E-state index in [4.69, 9.17) is 10.1 Å². The van der Waals surface area contributed by atoms with Crippen molar-refractivity contribution in [3.05, 3.63) is 95.0 Å². The molecule has 3 aromatic rings. The van der Waals surface area contributed by atoms with Crippen LogP contribution >= 0.6 is 11.8 Å². The van der Waals surface area contributed by atoms with Crippen LogP contribution in [0.1, 0.15) is 11.1 Å². The molecule has 0 aliphatic carbocycles. The van der Waals surface area contributed by atoms with Crippen molar-refractivity contribution in [1.82, 2.24) is 4.98 Å². The number of thioether (sulfide) groups is 1. The van der Waals surface area contributed by atoms with Crippen molar-refractivity contribution in [2.75, 3.05) is 4.90 Å². The van der Waals surface area contributed by atoms with Crippen LogP contribution in [0.3, 0.4) is 0 Å². The number of nitrogens with one attached hydrogen (secondary N) is 1. The van der Waals surface area contributed by atoms with Gasteiger partial charge in [0.25, 0.3) is 5.91 Å². The van der Waals surface area contributed by atoms with Crippen LogP contribution in [0.4, 0.5) is 5.82 Å². The molecular formula is C22H17N3O2S. The molecule has 28 heavy (non-hydrogen) atoms. The fraction of sp³-hybridized carbons (Fsp3) is 0.0455. The number of rotatable bonds is 5. The third kappa shape index (κ3) is 3.97. The highest BCUT2D eigenvalue weighted by Crippen LogP contribution is 2.34. The minimum Gasteiger partial charge on any atom is -0.489 e. The number of benzene rings is 2. The molecule has 6 heteroatoms. The van der Waals surface area contributed by atoms with Gasteiger partial charge in [0.05, 0.1) is 4.91 Å². The van der Waals surface area contributed by atoms with Gasteiger partial charge >= 0.3 is 0 Å². The van der Waals surface area contributed by atoms with E-state index >= 15 is 0 Å². The van der Waals surface area contributed by atoms with E-state index in [1.54, 1.807) is 30.5 Å². The zero-order valence-electron chi connectivity index (χ0n) is 14.9. The molecule has 0 unspecified atom stereocenters. The summed E-state index contributed by atoms with van der Waals surface area (Å²) >= 11 is 1.13. The molecule has 2 heterocycles. The maximum Gasteiger partial charge on any atom is 0.272 e. The van der Waals surface area contributed by atoms with E-state index in [0.29, 0.717) is 17.3 Å². The lowest BCUT2D eigenvalue weighted by Gasteiger charge is -2.12. The van der Waals surface area contributed by atoms with Gasteiger partial charge in [-0.1, -0.05) is 48.5 Å². The predicted molar refractivity (Wildman–Crippen MR) is 112 cm³/mol. The highest BCUT2D eigenvalue weighted by molar-refractivity contribution is 8.19. The molecule has 1 amide bonds. The number of hydrogen-bond acceptors (Lipinski definition) is 5. The zero-order valence-corrected chi connectivity index (χ0v) is 15.7. The van der Waals surface area contributed by atoms with E-state index in [-0.39, 0.29) is 11.1 Å². The van der Waals surface area contributed by atoms with E-state index in [9.17, 15) is 4.79 Å². The van der Waals surface area contributed by atoms with E-state index < -0.39 is 0 Å². The number of pyridine rings is 1. The lowest BCUT2D eigenvalue weighted by Crippen LogP contribution is -2.28. The Morgan fingerprint density at radius 2 is 1.75 bits per heavy atom. The molecular weight excluding hydrogens is 370 g/mol. The molecule has 1 aliphatic rings. The first-order valence-electron chi connectivity index (χ1n) is 8.71. The van der Waals surface area contributed by atoms with Crippen LogP contribution in [-0.2, 0) is 11.4 Å². The molecule has 1 N–H and O–H groups in total. The summed E-state index contributed by atoms with van der Waals surface area (Å²) in [6, 6.07) is 22.8. The fourth-order valence-electron chi connectivity index (χ4n) is 2.73. The van der Waals surface area contributed by atoms with Crippen molar-refractivity contribution in [3.8, 4) is 5.75 Å². The molecule has 0 spiro atoms. The summed E-state index contributed by atoms with van der Waals surface area (Å²) in [5.41, 5.74) is 1.98. The van der Waals surface area contributed by atoms with Crippen LogP contribution in [0.5, 0.6) is 5.75 Å². The topological polar surface area (TPSA) is 66.3 Å². The molecule has 1 saturated heterocycles. The average Bonchev–Trinajstić information content (AvgIpc) is 3.02. The van der Waals surface area contributed by atoms with Crippen LogP contribution in [0.2, 0.25) is 0 Å². The Kier molecular flexibility index (Phi) is 5.21. The number of anilines is 1. The molecule has 4 rings (SSSR count). The first kappa shape index (κ1) is 18.0. The smallest absolute Gasteiger partial charge is 0.272 e. The second-order valence-electron chi connectivity index (χ2n) is 6.09. The van der Waals surface area contributed by atoms with Gasteiger partial charge in [-0.3, -0.25) is 10.2 Å². The number of amides is 1. The number of carbonyl (C=O) groups is 1. The molecule has 0 bridgehead atoms. The molecule has 1 fully saturated rings. The maximum absolute atomic E-state index is 12.7. The number of amidine groups is 1. The second kappa shape index (κ2) is 8.10. The lowest BCUT2D eigenvalue weighted by atomic mass is 10.2. The van der Waals surface area contributed by atoms with Crippen LogP contribution in [0.25, 0.3) is 6.08 Å². The Labute approximate surface area is 167 Å². The number of nitrogens with zero attached hydrogens (tertiary/aromatic N) is 2. The summed E-state index contributed by atoms with van der Waals surface area (Å²) in [6.45, 7) is 0.506.